The summed E-state index contributed by atoms with van der Waals surface area (Å²) in [5.41, 5.74) is 4.36. The van der Waals surface area contributed by atoms with Gasteiger partial charge in [-0.2, -0.15) is 5.26 Å². The topological polar surface area (TPSA) is 182 Å². The Morgan fingerprint density at radius 2 is 2.04 bits per heavy atom. The van der Waals surface area contributed by atoms with Gasteiger partial charge in [-0.1, -0.05) is 0 Å². The van der Waals surface area contributed by atoms with Gasteiger partial charge in [0.2, 0.25) is 5.78 Å². The molecule has 0 bridgehead atoms. The van der Waals surface area contributed by atoms with Crippen LogP contribution < -0.4 is 11.1 Å². The zero-order chi connectivity index (χ0) is 20.8. The van der Waals surface area contributed by atoms with E-state index in [4.69, 9.17) is 11.0 Å². The van der Waals surface area contributed by atoms with Crippen LogP contribution >= 0.6 is 0 Å². The van der Waals surface area contributed by atoms with E-state index in [1.165, 1.54) is 6.92 Å². The Bertz CT molecular complexity index is 957. The van der Waals surface area contributed by atoms with Crippen LogP contribution in [0.4, 0.5) is 11.4 Å². The van der Waals surface area contributed by atoms with E-state index in [1.807, 2.05) is 0 Å². The third-order valence-corrected chi connectivity index (χ3v) is 4.28. The van der Waals surface area contributed by atoms with E-state index >= 15 is 0 Å². The van der Waals surface area contributed by atoms with Gasteiger partial charge in [-0.15, -0.1) is 0 Å². The molecular formula is C15H16N4O7S. The first kappa shape index (κ1) is 21.6. The van der Waals surface area contributed by atoms with Crippen molar-refractivity contribution in [3.8, 4) is 6.07 Å². The maximum Gasteiger partial charge on any atom is 0.325 e. The molecule has 0 aliphatic heterocycles. The molecule has 1 aromatic rings. The summed E-state index contributed by atoms with van der Waals surface area (Å²) < 4.78 is 27.6. The number of nitro benzene ring substituents is 1. The maximum atomic E-state index is 11.7. The maximum absolute atomic E-state index is 11.7. The summed E-state index contributed by atoms with van der Waals surface area (Å²) in [6, 6.07) is 4.74. The van der Waals surface area contributed by atoms with Crippen LogP contribution in [0.25, 0.3) is 0 Å². The average Bonchev–Trinajstić information content (AvgIpc) is 2.57. The fourth-order valence-electron chi connectivity index (χ4n) is 1.85. The van der Waals surface area contributed by atoms with Crippen molar-refractivity contribution in [1.29, 1.82) is 5.26 Å². The fraction of sp³-hybridized carbons (Fsp3) is 0.267. The Hall–Kier alpha value is -3.46. The highest BCUT2D eigenvalue weighted by Crippen LogP contribution is 2.27. The van der Waals surface area contributed by atoms with Gasteiger partial charge in [0, 0.05) is 18.0 Å². The minimum Gasteiger partial charge on any atom is -0.456 e. The molecular weight excluding hydrogens is 380 g/mol. The van der Waals surface area contributed by atoms with Gasteiger partial charge >= 0.3 is 5.97 Å². The van der Waals surface area contributed by atoms with Crippen molar-refractivity contribution in [1.82, 2.24) is 0 Å². The number of benzene rings is 1. The number of carbonyl (C=O) groups is 2. The summed E-state index contributed by atoms with van der Waals surface area (Å²) >= 11 is 0. The van der Waals surface area contributed by atoms with Gasteiger partial charge < -0.3 is 15.8 Å². The first-order valence-corrected chi connectivity index (χ1v) is 9.14. The number of esters is 1. The monoisotopic (exact) mass is 396 g/mol. The van der Waals surface area contributed by atoms with Crippen molar-refractivity contribution >= 4 is 33.0 Å². The molecule has 12 heteroatoms. The predicted molar refractivity (Wildman–Crippen MR) is 93.2 cm³/mol. The molecule has 0 aliphatic rings. The number of ketones is 1. The Morgan fingerprint density at radius 1 is 1.41 bits per heavy atom. The van der Waals surface area contributed by atoms with E-state index in [9.17, 15) is 28.1 Å². The van der Waals surface area contributed by atoms with Crippen LogP contribution in [0.2, 0.25) is 0 Å². The summed E-state index contributed by atoms with van der Waals surface area (Å²) in [6.45, 7) is 0.103. The molecule has 0 aromatic heterocycles. The molecule has 0 saturated heterocycles. The molecule has 0 heterocycles. The highest BCUT2D eigenvalue weighted by Gasteiger charge is 2.20. The Labute approximate surface area is 154 Å². The largest absolute Gasteiger partial charge is 0.456 e. The Balaban J connectivity index is 2.80. The van der Waals surface area contributed by atoms with Gasteiger partial charge in [-0.25, -0.2) is 8.42 Å². The van der Waals surface area contributed by atoms with Gasteiger partial charge in [-0.05, 0) is 19.1 Å². The van der Waals surface area contributed by atoms with Gasteiger partial charge in [0.15, 0.2) is 16.4 Å². The van der Waals surface area contributed by atoms with Crippen LogP contribution in [0.3, 0.4) is 0 Å². The highest BCUT2D eigenvalue weighted by atomic mass is 32.2. The minimum absolute atomic E-state index is 0.0155. The second-order valence-electron chi connectivity index (χ2n) is 5.32. The van der Waals surface area contributed by atoms with Crippen LogP contribution in [0.15, 0.2) is 34.4 Å². The number of allylic oxidation sites excluding steroid dienone is 1. The fourth-order valence-corrected chi connectivity index (χ4v) is 2.49. The average molecular weight is 396 g/mol. The van der Waals surface area contributed by atoms with Crippen LogP contribution in [0, 0.1) is 21.4 Å². The molecule has 0 unspecified atom stereocenters. The van der Waals surface area contributed by atoms with E-state index in [1.54, 1.807) is 6.07 Å². The quantitative estimate of drug-likeness (QED) is 0.203. The van der Waals surface area contributed by atoms with E-state index in [0.29, 0.717) is 0 Å². The second-order valence-corrected chi connectivity index (χ2v) is 7.33. The highest BCUT2D eigenvalue weighted by molar-refractivity contribution is 7.90. The van der Waals surface area contributed by atoms with Crippen molar-refractivity contribution in [2.45, 2.75) is 11.8 Å². The van der Waals surface area contributed by atoms with E-state index < -0.39 is 45.4 Å². The van der Waals surface area contributed by atoms with Crippen LogP contribution in [0.5, 0.6) is 0 Å². The van der Waals surface area contributed by atoms with Crippen LogP contribution in [-0.2, 0) is 24.2 Å². The van der Waals surface area contributed by atoms with Crippen molar-refractivity contribution in [3.05, 3.63) is 39.6 Å². The predicted octanol–water partition coefficient (Wildman–Crippen LogP) is 0.279. The molecule has 1 rings (SSSR count). The van der Waals surface area contributed by atoms with E-state index in [0.717, 1.165) is 24.5 Å². The molecule has 11 nitrogen and oxygen atoms in total. The van der Waals surface area contributed by atoms with Crippen LogP contribution in [0.1, 0.15) is 6.92 Å². The summed E-state index contributed by atoms with van der Waals surface area (Å²) in [4.78, 5) is 33.4. The molecule has 0 saturated carbocycles. The number of ether oxygens (including phenoxy) is 1. The number of anilines is 1. The number of nitrogens with one attached hydrogen (secondary N) is 1. The molecule has 0 atom stereocenters. The lowest BCUT2D eigenvalue weighted by Crippen LogP contribution is -2.22. The zero-order valence-electron chi connectivity index (χ0n) is 14.4. The van der Waals surface area contributed by atoms with Crippen molar-refractivity contribution in [2.75, 3.05) is 24.7 Å². The first-order valence-electron chi connectivity index (χ1n) is 7.25. The van der Waals surface area contributed by atoms with Crippen molar-refractivity contribution in [2.24, 2.45) is 5.73 Å². The molecule has 0 radical (unpaired) electrons. The third-order valence-electron chi connectivity index (χ3n) is 3.17. The second kappa shape index (κ2) is 8.77. The number of hydrogen-bond donors (Lipinski definition) is 2. The summed E-state index contributed by atoms with van der Waals surface area (Å²) in [6.07, 6.45) is 0.903. The van der Waals surface area contributed by atoms with Gasteiger partial charge in [0.25, 0.3) is 5.69 Å². The van der Waals surface area contributed by atoms with Crippen molar-refractivity contribution < 1.29 is 27.7 Å². The summed E-state index contributed by atoms with van der Waals surface area (Å²) in [5, 5.41) is 22.3. The standard InChI is InChI=1S/C15H16N4O7S/c1-9(17)11(6-16)14(20)8-26-15(21)7-18-12-4-3-10(27(2,24)25)5-13(12)19(22)23/h3-5,18H,7-8,17H2,1-2H3/b11-9+. The number of Topliss-reactive ketones (excluding diaryl/α,β-unsaturated/α-hetero) is 1. The lowest BCUT2D eigenvalue weighted by molar-refractivity contribution is -0.384. The van der Waals surface area contributed by atoms with Crippen LogP contribution in [-0.4, -0.2) is 44.5 Å². The minimum atomic E-state index is -3.65. The third kappa shape index (κ3) is 6.08. The van der Waals surface area contributed by atoms with Gasteiger partial charge in [0.1, 0.15) is 23.9 Å². The number of nitriles is 1. The van der Waals surface area contributed by atoms with Gasteiger partial charge in [0.05, 0.1) is 9.82 Å². The lowest BCUT2D eigenvalue weighted by atomic mass is 10.1. The SMILES string of the molecule is C/C(N)=C(/C#N)C(=O)COC(=O)CNc1ccc(S(C)(=O)=O)cc1[N+](=O)[O-]. The molecule has 0 amide bonds. The lowest BCUT2D eigenvalue weighted by Gasteiger charge is -2.08. The number of nitrogens with zero attached hydrogens (tertiary/aromatic N) is 2. The number of nitro groups is 1. The smallest absolute Gasteiger partial charge is 0.325 e. The van der Waals surface area contributed by atoms with Gasteiger partial charge in [-0.3, -0.25) is 19.7 Å². The first-order chi connectivity index (χ1) is 12.5. The summed E-state index contributed by atoms with van der Waals surface area (Å²) in [7, 11) is -3.65. The molecule has 0 fully saturated rings. The van der Waals surface area contributed by atoms with Crippen molar-refractivity contribution in [3.63, 3.8) is 0 Å². The molecule has 0 spiro atoms. The zero-order valence-corrected chi connectivity index (χ0v) is 15.2. The molecule has 27 heavy (non-hydrogen) atoms. The molecule has 144 valence electrons. The number of carbonyl (C=O) groups excluding carboxylic acids is 2. The Kier molecular flexibility index (Phi) is 7.01. The number of nitrogens with two attached hydrogens (primary N) is 1. The number of sulfone groups is 1. The van der Waals surface area contributed by atoms with E-state index in [2.05, 4.69) is 10.1 Å². The number of hydrogen-bond acceptors (Lipinski definition) is 10. The molecule has 0 aliphatic carbocycles. The van der Waals surface area contributed by atoms with E-state index in [-0.39, 0.29) is 21.9 Å². The normalized spacial score (nSPS) is 11.7. The number of rotatable bonds is 8. The Morgan fingerprint density at radius 3 is 2.52 bits per heavy atom. The summed E-state index contributed by atoms with van der Waals surface area (Å²) in [5.74, 6) is -1.70. The molecule has 3 N–H and O–H groups in total. The molecule has 1 aromatic carbocycles.